The number of pyridine rings is 1. The third-order valence-electron chi connectivity index (χ3n) is 5.43. The van der Waals surface area contributed by atoms with Gasteiger partial charge in [-0.25, -0.2) is 23.4 Å². The van der Waals surface area contributed by atoms with Crippen LogP contribution < -0.4 is 10.2 Å². The molecule has 1 aliphatic heterocycles. The van der Waals surface area contributed by atoms with E-state index in [1.165, 1.54) is 10.6 Å². The maximum Gasteiger partial charge on any atom is 0.246 e. The van der Waals surface area contributed by atoms with Crippen molar-refractivity contribution in [2.45, 2.75) is 25.7 Å². The molecule has 164 valence electrons. The van der Waals surface area contributed by atoms with Crippen LogP contribution in [0, 0.1) is 20.8 Å². The van der Waals surface area contributed by atoms with Crippen LogP contribution in [0.3, 0.4) is 0 Å². The minimum absolute atomic E-state index is 0.308. The average molecular weight is 443 g/mol. The third kappa shape index (κ3) is 4.23. The van der Waals surface area contributed by atoms with Gasteiger partial charge in [-0.3, -0.25) is 4.68 Å². The largest absolute Gasteiger partial charge is 0.354 e. The van der Waals surface area contributed by atoms with Gasteiger partial charge in [0.15, 0.2) is 0 Å². The molecule has 10 nitrogen and oxygen atoms in total. The monoisotopic (exact) mass is 442 g/mol. The molecule has 1 saturated heterocycles. The van der Waals surface area contributed by atoms with Crippen molar-refractivity contribution in [1.29, 1.82) is 0 Å². The molecular formula is C20H26N8O2S. The molecule has 0 aliphatic carbocycles. The van der Waals surface area contributed by atoms with Crippen molar-refractivity contribution in [2.75, 3.05) is 36.4 Å². The molecule has 1 fully saturated rings. The van der Waals surface area contributed by atoms with Gasteiger partial charge in [0.05, 0.1) is 11.4 Å². The second-order valence-electron chi connectivity index (χ2n) is 7.62. The first kappa shape index (κ1) is 21.2. The number of piperazine rings is 1. The lowest BCUT2D eigenvalue weighted by Crippen LogP contribution is -2.49. The summed E-state index contributed by atoms with van der Waals surface area (Å²) in [6.45, 7) is 7.34. The first-order valence-electron chi connectivity index (χ1n) is 10.0. The predicted octanol–water partition coefficient (Wildman–Crippen LogP) is 1.78. The minimum Gasteiger partial charge on any atom is -0.354 e. The molecule has 0 saturated carbocycles. The van der Waals surface area contributed by atoms with Gasteiger partial charge in [0.25, 0.3) is 0 Å². The lowest BCUT2D eigenvalue weighted by atomic mass is 10.3. The number of nitrogens with zero attached hydrogens (tertiary/aromatic N) is 7. The van der Waals surface area contributed by atoms with Gasteiger partial charge in [-0.2, -0.15) is 9.40 Å². The van der Waals surface area contributed by atoms with Crippen molar-refractivity contribution in [3.8, 4) is 0 Å². The number of aromatic nitrogens is 5. The Bertz CT molecular complexity index is 1200. The maximum absolute atomic E-state index is 13.2. The fourth-order valence-corrected chi connectivity index (χ4v) is 5.56. The lowest BCUT2D eigenvalue weighted by Gasteiger charge is -2.34. The van der Waals surface area contributed by atoms with Crippen molar-refractivity contribution in [1.82, 2.24) is 29.0 Å². The van der Waals surface area contributed by atoms with E-state index in [2.05, 4.69) is 30.3 Å². The van der Waals surface area contributed by atoms with E-state index in [1.54, 1.807) is 31.8 Å². The number of nitrogens with one attached hydrogen (secondary N) is 1. The van der Waals surface area contributed by atoms with Crippen LogP contribution in [0.2, 0.25) is 0 Å². The van der Waals surface area contributed by atoms with E-state index < -0.39 is 10.0 Å². The molecular weight excluding hydrogens is 416 g/mol. The molecule has 1 N–H and O–H groups in total. The van der Waals surface area contributed by atoms with E-state index in [0.717, 1.165) is 11.4 Å². The predicted molar refractivity (Wildman–Crippen MR) is 118 cm³/mol. The Morgan fingerprint density at radius 1 is 0.968 bits per heavy atom. The Kier molecular flexibility index (Phi) is 5.63. The van der Waals surface area contributed by atoms with Gasteiger partial charge in [-0.1, -0.05) is 0 Å². The molecule has 0 spiro atoms. The zero-order valence-corrected chi connectivity index (χ0v) is 18.9. The smallest absolute Gasteiger partial charge is 0.246 e. The van der Waals surface area contributed by atoms with Crippen LogP contribution in [0.5, 0.6) is 0 Å². The second kappa shape index (κ2) is 8.23. The highest BCUT2D eigenvalue weighted by molar-refractivity contribution is 7.89. The lowest BCUT2D eigenvalue weighted by molar-refractivity contribution is 0.383. The van der Waals surface area contributed by atoms with Crippen LogP contribution in [-0.2, 0) is 17.1 Å². The number of aryl methyl sites for hydroxylation is 3. The highest BCUT2D eigenvalue weighted by atomic mass is 32.2. The molecule has 3 aromatic heterocycles. The normalized spacial score (nSPS) is 15.3. The summed E-state index contributed by atoms with van der Waals surface area (Å²) in [7, 11) is -1.83. The van der Waals surface area contributed by atoms with Crippen LogP contribution in [0.15, 0.2) is 35.6 Å². The third-order valence-corrected chi connectivity index (χ3v) is 7.58. The Labute approximate surface area is 182 Å². The number of anilines is 3. The minimum atomic E-state index is -3.59. The van der Waals surface area contributed by atoms with Gasteiger partial charge in [-0.05, 0) is 38.5 Å². The molecule has 0 atom stereocenters. The molecule has 0 radical (unpaired) electrons. The summed E-state index contributed by atoms with van der Waals surface area (Å²) in [6, 6.07) is 5.72. The molecule has 11 heteroatoms. The molecule has 4 heterocycles. The molecule has 3 aromatic rings. The summed E-state index contributed by atoms with van der Waals surface area (Å²) < 4.78 is 29.5. The number of sulfonamides is 1. The number of hydrogen-bond acceptors (Lipinski definition) is 8. The van der Waals surface area contributed by atoms with Gasteiger partial charge in [0.2, 0.25) is 10.0 Å². The van der Waals surface area contributed by atoms with Crippen LogP contribution in [-0.4, -0.2) is 63.6 Å². The second-order valence-corrected chi connectivity index (χ2v) is 9.49. The van der Waals surface area contributed by atoms with Gasteiger partial charge in [-0.15, -0.1) is 0 Å². The van der Waals surface area contributed by atoms with Crippen molar-refractivity contribution in [3.63, 3.8) is 0 Å². The SMILES string of the molecule is Cc1ccnc(Nc2cc(N3CCN(S(=O)(=O)c4c(C)nn(C)c4C)CC3)ncn2)c1. The molecule has 0 unspecified atom stereocenters. The standard InChI is InChI=1S/C20H26N8O2S/c1-14-5-6-21-17(11-14)24-18-12-19(23-13-22-18)27-7-9-28(10-8-27)31(29,30)20-15(2)25-26(4)16(20)3/h5-6,11-13H,7-10H2,1-4H3,(H,21,22,23,24). The number of rotatable bonds is 5. The first-order valence-corrected chi connectivity index (χ1v) is 11.5. The quantitative estimate of drug-likeness (QED) is 0.637. The van der Waals surface area contributed by atoms with Gasteiger partial charge in [0.1, 0.15) is 28.7 Å². The molecule has 1 aliphatic rings. The van der Waals surface area contributed by atoms with Crippen LogP contribution in [0.1, 0.15) is 17.0 Å². The highest BCUT2D eigenvalue weighted by Crippen LogP contribution is 2.25. The Morgan fingerprint density at radius 2 is 1.68 bits per heavy atom. The van der Waals surface area contributed by atoms with E-state index in [-0.39, 0.29) is 0 Å². The van der Waals surface area contributed by atoms with Gasteiger partial charge >= 0.3 is 0 Å². The summed E-state index contributed by atoms with van der Waals surface area (Å²) >= 11 is 0. The maximum atomic E-state index is 13.2. The summed E-state index contributed by atoms with van der Waals surface area (Å²) in [5.74, 6) is 2.10. The molecule has 0 aromatic carbocycles. The Hall–Kier alpha value is -3.05. The van der Waals surface area contributed by atoms with E-state index in [9.17, 15) is 8.42 Å². The van der Waals surface area contributed by atoms with Gasteiger partial charge < -0.3 is 10.2 Å². The summed E-state index contributed by atoms with van der Waals surface area (Å²) in [4.78, 5) is 15.3. The highest BCUT2D eigenvalue weighted by Gasteiger charge is 2.33. The van der Waals surface area contributed by atoms with Crippen molar-refractivity contribution >= 4 is 27.5 Å². The molecule has 0 amide bonds. The average Bonchev–Trinajstić information content (AvgIpc) is 3.00. The number of hydrogen-bond donors (Lipinski definition) is 1. The van der Waals surface area contributed by atoms with E-state index >= 15 is 0 Å². The Balaban J connectivity index is 1.46. The van der Waals surface area contributed by atoms with Gasteiger partial charge in [0, 0.05) is 45.5 Å². The topological polar surface area (TPSA) is 109 Å². The van der Waals surface area contributed by atoms with E-state index in [0.29, 0.717) is 54.1 Å². The zero-order chi connectivity index (χ0) is 22.2. The van der Waals surface area contributed by atoms with Crippen LogP contribution >= 0.6 is 0 Å². The van der Waals surface area contributed by atoms with Crippen LogP contribution in [0.25, 0.3) is 0 Å². The fraction of sp³-hybridized carbons (Fsp3) is 0.400. The Morgan fingerprint density at radius 3 is 2.32 bits per heavy atom. The van der Waals surface area contributed by atoms with E-state index in [1.807, 2.05) is 25.1 Å². The fourth-order valence-electron chi connectivity index (χ4n) is 3.74. The van der Waals surface area contributed by atoms with E-state index in [4.69, 9.17) is 0 Å². The molecule has 31 heavy (non-hydrogen) atoms. The van der Waals surface area contributed by atoms with Crippen molar-refractivity contribution < 1.29 is 8.42 Å². The zero-order valence-electron chi connectivity index (χ0n) is 18.1. The van der Waals surface area contributed by atoms with Crippen molar-refractivity contribution in [2.24, 2.45) is 7.05 Å². The summed E-state index contributed by atoms with van der Waals surface area (Å²) in [5.41, 5.74) is 2.28. The molecule has 4 rings (SSSR count). The summed E-state index contributed by atoms with van der Waals surface area (Å²) in [5, 5.41) is 7.44. The summed E-state index contributed by atoms with van der Waals surface area (Å²) in [6.07, 6.45) is 3.24. The van der Waals surface area contributed by atoms with Crippen LogP contribution in [0.4, 0.5) is 17.5 Å². The first-order chi connectivity index (χ1) is 14.8. The van der Waals surface area contributed by atoms with Crippen molar-refractivity contribution in [3.05, 3.63) is 47.7 Å². The molecule has 0 bridgehead atoms.